The Morgan fingerprint density at radius 1 is 1.17 bits per heavy atom. The van der Waals surface area contributed by atoms with E-state index in [9.17, 15) is 0 Å². The molecule has 3 nitrogen and oxygen atoms in total. The van der Waals surface area contributed by atoms with Crippen molar-refractivity contribution in [3.63, 3.8) is 0 Å². The Morgan fingerprint density at radius 3 is 2.22 bits per heavy atom. The van der Waals surface area contributed by atoms with E-state index < -0.39 is 0 Å². The highest BCUT2D eigenvalue weighted by atomic mass is 16.5. The van der Waals surface area contributed by atoms with Gasteiger partial charge in [0.05, 0.1) is 5.60 Å². The zero-order valence-corrected chi connectivity index (χ0v) is 13.2. The standard InChI is InChI=1S/C15H32N2O/c1-14(2,16-5)9-12-18-15(3,4)13-7-10-17(6)11-8-13/h13,16H,7-12H2,1-6H3. The summed E-state index contributed by atoms with van der Waals surface area (Å²) in [5.41, 5.74) is 0.188. The van der Waals surface area contributed by atoms with Crippen molar-refractivity contribution in [2.45, 2.75) is 58.1 Å². The van der Waals surface area contributed by atoms with Crippen molar-refractivity contribution in [1.29, 1.82) is 0 Å². The highest BCUT2D eigenvalue weighted by molar-refractivity contribution is 4.84. The molecule has 1 N–H and O–H groups in total. The number of nitrogens with one attached hydrogen (secondary N) is 1. The second-order valence-corrected chi connectivity index (χ2v) is 6.91. The third kappa shape index (κ3) is 4.87. The molecule has 0 aromatic carbocycles. The van der Waals surface area contributed by atoms with Gasteiger partial charge in [0.2, 0.25) is 0 Å². The highest BCUT2D eigenvalue weighted by Gasteiger charge is 2.32. The van der Waals surface area contributed by atoms with Gasteiger partial charge in [0.1, 0.15) is 0 Å². The SMILES string of the molecule is CNC(C)(C)CCOC(C)(C)C1CCN(C)CC1. The lowest BCUT2D eigenvalue weighted by molar-refractivity contribution is -0.0793. The lowest BCUT2D eigenvalue weighted by Gasteiger charge is -2.40. The fourth-order valence-electron chi connectivity index (χ4n) is 2.52. The lowest BCUT2D eigenvalue weighted by atomic mass is 9.83. The molecule has 18 heavy (non-hydrogen) atoms. The molecule has 0 amide bonds. The van der Waals surface area contributed by atoms with Gasteiger partial charge >= 0.3 is 0 Å². The van der Waals surface area contributed by atoms with Crippen LogP contribution in [0.4, 0.5) is 0 Å². The summed E-state index contributed by atoms with van der Waals surface area (Å²) >= 11 is 0. The normalized spacial score (nSPS) is 20.3. The summed E-state index contributed by atoms with van der Waals surface area (Å²) in [4.78, 5) is 2.41. The summed E-state index contributed by atoms with van der Waals surface area (Å²) in [6.07, 6.45) is 3.58. The summed E-state index contributed by atoms with van der Waals surface area (Å²) in [5, 5.41) is 3.33. The zero-order chi connectivity index (χ0) is 13.8. The summed E-state index contributed by atoms with van der Waals surface area (Å²) in [6.45, 7) is 12.2. The van der Waals surface area contributed by atoms with Gasteiger partial charge < -0.3 is 15.0 Å². The van der Waals surface area contributed by atoms with Crippen LogP contribution in [0.5, 0.6) is 0 Å². The van der Waals surface area contributed by atoms with Crippen molar-refractivity contribution in [2.75, 3.05) is 33.8 Å². The van der Waals surface area contributed by atoms with Crippen molar-refractivity contribution in [2.24, 2.45) is 5.92 Å². The van der Waals surface area contributed by atoms with Crippen LogP contribution in [0.25, 0.3) is 0 Å². The molecule has 3 heteroatoms. The molecular formula is C15H32N2O. The summed E-state index contributed by atoms with van der Waals surface area (Å²) < 4.78 is 6.18. The first-order valence-corrected chi connectivity index (χ1v) is 7.28. The van der Waals surface area contributed by atoms with Gasteiger partial charge in [0.25, 0.3) is 0 Å². The Hall–Kier alpha value is -0.120. The molecule has 0 aromatic heterocycles. The second-order valence-electron chi connectivity index (χ2n) is 6.91. The largest absolute Gasteiger partial charge is 0.375 e. The molecule has 0 spiro atoms. The Balaban J connectivity index is 2.35. The van der Waals surface area contributed by atoms with Gasteiger partial charge in [-0.05, 0) is 80.1 Å². The second kappa shape index (κ2) is 6.36. The van der Waals surface area contributed by atoms with E-state index in [1.54, 1.807) is 0 Å². The molecule has 1 rings (SSSR count). The molecule has 0 atom stereocenters. The number of piperidine rings is 1. The van der Waals surface area contributed by atoms with Gasteiger partial charge in [0, 0.05) is 12.1 Å². The first-order valence-electron chi connectivity index (χ1n) is 7.28. The molecule has 108 valence electrons. The molecule has 0 radical (unpaired) electrons. The predicted molar refractivity (Wildman–Crippen MR) is 78.0 cm³/mol. The van der Waals surface area contributed by atoms with Crippen LogP contribution in [0.3, 0.4) is 0 Å². The molecule has 0 aliphatic carbocycles. The maximum Gasteiger partial charge on any atom is 0.0655 e. The van der Waals surface area contributed by atoms with Crippen LogP contribution in [0.1, 0.15) is 47.0 Å². The fourth-order valence-corrected chi connectivity index (χ4v) is 2.52. The van der Waals surface area contributed by atoms with Crippen LogP contribution >= 0.6 is 0 Å². The first kappa shape index (κ1) is 15.9. The number of hydrogen-bond acceptors (Lipinski definition) is 3. The number of ether oxygens (including phenoxy) is 1. The van der Waals surface area contributed by atoms with Gasteiger partial charge in [-0.3, -0.25) is 0 Å². The summed E-state index contributed by atoms with van der Waals surface area (Å²) in [7, 11) is 4.22. The van der Waals surface area contributed by atoms with E-state index in [0.29, 0.717) is 5.92 Å². The van der Waals surface area contributed by atoms with Gasteiger partial charge in [-0.1, -0.05) is 0 Å². The Kier molecular flexibility index (Phi) is 5.63. The van der Waals surface area contributed by atoms with E-state index >= 15 is 0 Å². The van der Waals surface area contributed by atoms with E-state index in [1.165, 1.54) is 25.9 Å². The minimum absolute atomic E-state index is 0.0189. The minimum atomic E-state index is 0.0189. The van der Waals surface area contributed by atoms with Crippen molar-refractivity contribution >= 4 is 0 Å². The van der Waals surface area contributed by atoms with E-state index in [0.717, 1.165) is 13.0 Å². The number of likely N-dealkylation sites (tertiary alicyclic amines) is 1. The van der Waals surface area contributed by atoms with Crippen LogP contribution in [-0.2, 0) is 4.74 Å². The molecule has 0 saturated carbocycles. The Labute approximate surface area is 113 Å². The third-order valence-electron chi connectivity index (χ3n) is 4.58. The number of nitrogens with zero attached hydrogens (tertiary/aromatic N) is 1. The molecular weight excluding hydrogens is 224 g/mol. The van der Waals surface area contributed by atoms with Crippen molar-refractivity contribution in [3.05, 3.63) is 0 Å². The summed E-state index contributed by atoms with van der Waals surface area (Å²) in [6, 6.07) is 0. The van der Waals surface area contributed by atoms with Crippen LogP contribution in [0.15, 0.2) is 0 Å². The average molecular weight is 256 g/mol. The van der Waals surface area contributed by atoms with Crippen molar-refractivity contribution < 1.29 is 4.74 Å². The Morgan fingerprint density at radius 2 is 1.72 bits per heavy atom. The van der Waals surface area contributed by atoms with Crippen LogP contribution < -0.4 is 5.32 Å². The molecule has 1 aliphatic heterocycles. The topological polar surface area (TPSA) is 24.5 Å². The highest BCUT2D eigenvalue weighted by Crippen LogP contribution is 2.31. The molecule has 1 saturated heterocycles. The smallest absolute Gasteiger partial charge is 0.0655 e. The molecule has 0 bridgehead atoms. The third-order valence-corrected chi connectivity index (χ3v) is 4.58. The quantitative estimate of drug-likeness (QED) is 0.790. The fraction of sp³-hybridized carbons (Fsp3) is 1.00. The van der Waals surface area contributed by atoms with E-state index in [4.69, 9.17) is 4.74 Å². The lowest BCUT2D eigenvalue weighted by Crippen LogP contribution is -2.43. The predicted octanol–water partition coefficient (Wildman–Crippen LogP) is 2.51. The van der Waals surface area contributed by atoms with E-state index in [1.807, 2.05) is 7.05 Å². The van der Waals surface area contributed by atoms with E-state index in [2.05, 4.69) is 45.0 Å². The molecule has 0 aromatic rings. The van der Waals surface area contributed by atoms with Crippen LogP contribution in [0.2, 0.25) is 0 Å². The number of rotatable bonds is 6. The average Bonchev–Trinajstić information content (AvgIpc) is 2.29. The molecule has 1 aliphatic rings. The van der Waals surface area contributed by atoms with Gasteiger partial charge in [-0.15, -0.1) is 0 Å². The minimum Gasteiger partial charge on any atom is -0.375 e. The van der Waals surface area contributed by atoms with Gasteiger partial charge in [0.15, 0.2) is 0 Å². The summed E-state index contributed by atoms with van der Waals surface area (Å²) in [5.74, 6) is 0.700. The van der Waals surface area contributed by atoms with Crippen LogP contribution in [0, 0.1) is 5.92 Å². The molecule has 0 unspecified atom stereocenters. The monoisotopic (exact) mass is 256 g/mol. The van der Waals surface area contributed by atoms with Crippen molar-refractivity contribution in [1.82, 2.24) is 10.2 Å². The van der Waals surface area contributed by atoms with Gasteiger partial charge in [-0.25, -0.2) is 0 Å². The van der Waals surface area contributed by atoms with Crippen LogP contribution in [-0.4, -0.2) is 49.8 Å². The maximum absolute atomic E-state index is 6.18. The molecule has 1 heterocycles. The number of hydrogen-bond donors (Lipinski definition) is 1. The maximum atomic E-state index is 6.18. The molecule has 1 fully saturated rings. The van der Waals surface area contributed by atoms with Gasteiger partial charge in [-0.2, -0.15) is 0 Å². The first-order chi connectivity index (χ1) is 8.27. The van der Waals surface area contributed by atoms with E-state index in [-0.39, 0.29) is 11.1 Å². The van der Waals surface area contributed by atoms with Crippen molar-refractivity contribution in [3.8, 4) is 0 Å². The Bertz CT molecular complexity index is 243. The zero-order valence-electron chi connectivity index (χ0n) is 13.2.